The smallest absolute Gasteiger partial charge is 0.234 e. The Bertz CT molecular complexity index is 512. The molecule has 2 aromatic rings. The molecule has 0 bridgehead atoms. The van der Waals surface area contributed by atoms with E-state index in [0.717, 1.165) is 5.75 Å². The van der Waals surface area contributed by atoms with Crippen LogP contribution in [0.5, 0.6) is 5.88 Å². The maximum Gasteiger partial charge on any atom is 0.234 e. The first-order chi connectivity index (χ1) is 9.28. The molecule has 1 amide bonds. The predicted molar refractivity (Wildman–Crippen MR) is 79.9 cm³/mol. The Balaban J connectivity index is 1.74. The van der Waals surface area contributed by atoms with Crippen molar-refractivity contribution in [3.8, 4) is 5.88 Å². The number of thiophene rings is 1. The largest absolute Gasteiger partial charge is 0.481 e. The fourth-order valence-corrected chi connectivity index (χ4v) is 3.08. The molecule has 4 nitrogen and oxygen atoms in total. The van der Waals surface area contributed by atoms with Crippen molar-refractivity contribution in [2.75, 3.05) is 18.2 Å². The highest BCUT2D eigenvalue weighted by Crippen LogP contribution is 2.17. The van der Waals surface area contributed by atoms with Crippen LogP contribution in [0.1, 0.15) is 4.88 Å². The van der Waals surface area contributed by atoms with Gasteiger partial charge in [0.15, 0.2) is 0 Å². The molecule has 0 spiro atoms. The van der Waals surface area contributed by atoms with Crippen LogP contribution in [0.15, 0.2) is 35.8 Å². The molecular formula is C13H14N2O2S2. The maximum atomic E-state index is 11.7. The van der Waals surface area contributed by atoms with Crippen molar-refractivity contribution in [1.82, 2.24) is 4.98 Å². The van der Waals surface area contributed by atoms with E-state index in [1.165, 1.54) is 4.88 Å². The number of carbonyl (C=O) groups is 1. The van der Waals surface area contributed by atoms with E-state index in [-0.39, 0.29) is 5.91 Å². The zero-order chi connectivity index (χ0) is 13.5. The molecule has 2 rings (SSSR count). The number of carbonyl (C=O) groups excluding carboxylic acids is 1. The Hall–Kier alpha value is -1.53. The van der Waals surface area contributed by atoms with E-state index in [2.05, 4.69) is 16.4 Å². The molecule has 0 radical (unpaired) electrons. The van der Waals surface area contributed by atoms with Gasteiger partial charge in [0.25, 0.3) is 0 Å². The van der Waals surface area contributed by atoms with E-state index in [1.807, 2.05) is 11.4 Å². The van der Waals surface area contributed by atoms with E-state index in [4.69, 9.17) is 4.74 Å². The number of ether oxygens (including phenoxy) is 1. The summed E-state index contributed by atoms with van der Waals surface area (Å²) in [6.07, 6.45) is 1.58. The molecule has 0 unspecified atom stereocenters. The fraction of sp³-hybridized carbons (Fsp3) is 0.231. The minimum Gasteiger partial charge on any atom is -0.481 e. The minimum atomic E-state index is -0.0199. The van der Waals surface area contributed by atoms with Gasteiger partial charge in [0.1, 0.15) is 0 Å². The zero-order valence-electron chi connectivity index (χ0n) is 10.5. The van der Waals surface area contributed by atoms with Gasteiger partial charge in [0.2, 0.25) is 11.8 Å². The van der Waals surface area contributed by atoms with Crippen LogP contribution in [0.2, 0.25) is 0 Å². The molecule has 0 saturated carbocycles. The first-order valence-corrected chi connectivity index (χ1v) is 7.71. The Morgan fingerprint density at radius 2 is 2.37 bits per heavy atom. The monoisotopic (exact) mass is 294 g/mol. The Kier molecular flexibility index (Phi) is 5.23. The standard InChI is InChI=1S/C13H14N2O2S2/c1-17-13-5-4-10(7-14-13)15-12(16)9-18-8-11-3-2-6-19-11/h2-7H,8-9H2,1H3,(H,15,16). The number of hydrogen-bond acceptors (Lipinski definition) is 5. The highest BCUT2D eigenvalue weighted by Gasteiger charge is 2.04. The van der Waals surface area contributed by atoms with E-state index in [9.17, 15) is 4.79 Å². The van der Waals surface area contributed by atoms with Gasteiger partial charge in [-0.2, -0.15) is 0 Å². The van der Waals surface area contributed by atoms with Gasteiger partial charge in [0, 0.05) is 16.7 Å². The number of pyridine rings is 1. The van der Waals surface area contributed by atoms with Gasteiger partial charge in [-0.3, -0.25) is 4.79 Å². The lowest BCUT2D eigenvalue weighted by molar-refractivity contribution is -0.113. The summed E-state index contributed by atoms with van der Waals surface area (Å²) in [4.78, 5) is 17.0. The summed E-state index contributed by atoms with van der Waals surface area (Å²) < 4.78 is 4.95. The van der Waals surface area contributed by atoms with Gasteiger partial charge in [-0.25, -0.2) is 4.98 Å². The van der Waals surface area contributed by atoms with E-state index in [1.54, 1.807) is 48.5 Å². The lowest BCUT2D eigenvalue weighted by Gasteiger charge is -2.05. The Morgan fingerprint density at radius 3 is 3.00 bits per heavy atom. The summed E-state index contributed by atoms with van der Waals surface area (Å²) in [6, 6.07) is 7.58. The lowest BCUT2D eigenvalue weighted by atomic mass is 10.4. The molecule has 1 N–H and O–H groups in total. The van der Waals surface area contributed by atoms with Crippen molar-refractivity contribution < 1.29 is 9.53 Å². The molecular weight excluding hydrogens is 280 g/mol. The van der Waals surface area contributed by atoms with Crippen LogP contribution in [0.25, 0.3) is 0 Å². The number of thioether (sulfide) groups is 1. The second-order valence-electron chi connectivity index (χ2n) is 3.71. The minimum absolute atomic E-state index is 0.0199. The first-order valence-electron chi connectivity index (χ1n) is 5.68. The third-order valence-corrected chi connectivity index (χ3v) is 4.33. The maximum absolute atomic E-state index is 11.7. The molecule has 0 fully saturated rings. The molecule has 0 aliphatic heterocycles. The Labute approximate surface area is 120 Å². The van der Waals surface area contributed by atoms with Gasteiger partial charge in [0.05, 0.1) is 24.7 Å². The fourth-order valence-electron chi connectivity index (χ4n) is 1.41. The molecule has 0 aromatic carbocycles. The third-order valence-electron chi connectivity index (χ3n) is 2.29. The van der Waals surface area contributed by atoms with Crippen molar-refractivity contribution in [3.05, 3.63) is 40.7 Å². The normalized spacial score (nSPS) is 10.2. The van der Waals surface area contributed by atoms with Gasteiger partial charge in [-0.1, -0.05) is 6.07 Å². The summed E-state index contributed by atoms with van der Waals surface area (Å²) >= 11 is 3.31. The third kappa shape index (κ3) is 4.57. The van der Waals surface area contributed by atoms with Crippen LogP contribution in [-0.2, 0) is 10.5 Å². The van der Waals surface area contributed by atoms with Crippen molar-refractivity contribution >= 4 is 34.7 Å². The number of amides is 1. The predicted octanol–water partition coefficient (Wildman–Crippen LogP) is 3.02. The van der Waals surface area contributed by atoms with E-state index >= 15 is 0 Å². The number of nitrogens with zero attached hydrogens (tertiary/aromatic N) is 1. The molecule has 2 aromatic heterocycles. The van der Waals surface area contributed by atoms with Crippen molar-refractivity contribution in [2.24, 2.45) is 0 Å². The summed E-state index contributed by atoms with van der Waals surface area (Å²) in [5, 5.41) is 4.84. The van der Waals surface area contributed by atoms with Crippen LogP contribution in [0.4, 0.5) is 5.69 Å². The van der Waals surface area contributed by atoms with Crippen LogP contribution < -0.4 is 10.1 Å². The molecule has 19 heavy (non-hydrogen) atoms. The lowest BCUT2D eigenvalue weighted by Crippen LogP contribution is -2.14. The first kappa shape index (κ1) is 13.9. The van der Waals surface area contributed by atoms with E-state index in [0.29, 0.717) is 17.3 Å². The van der Waals surface area contributed by atoms with Crippen molar-refractivity contribution in [3.63, 3.8) is 0 Å². The molecule has 0 aliphatic carbocycles. The van der Waals surface area contributed by atoms with Crippen LogP contribution in [-0.4, -0.2) is 23.8 Å². The van der Waals surface area contributed by atoms with Gasteiger partial charge in [-0.05, 0) is 17.5 Å². The number of methoxy groups -OCH3 is 1. The SMILES string of the molecule is COc1ccc(NC(=O)CSCc2cccs2)cn1. The quantitative estimate of drug-likeness (QED) is 0.889. The number of rotatable bonds is 6. The molecule has 2 heterocycles. The van der Waals surface area contributed by atoms with E-state index < -0.39 is 0 Å². The summed E-state index contributed by atoms with van der Waals surface area (Å²) in [6.45, 7) is 0. The topological polar surface area (TPSA) is 51.2 Å². The number of nitrogens with one attached hydrogen (secondary N) is 1. The van der Waals surface area contributed by atoms with Crippen molar-refractivity contribution in [1.29, 1.82) is 0 Å². The van der Waals surface area contributed by atoms with Crippen LogP contribution >= 0.6 is 23.1 Å². The average Bonchev–Trinajstić information content (AvgIpc) is 2.93. The van der Waals surface area contributed by atoms with Crippen LogP contribution in [0, 0.1) is 0 Å². The highest BCUT2D eigenvalue weighted by molar-refractivity contribution is 7.99. The second-order valence-corrected chi connectivity index (χ2v) is 5.73. The number of anilines is 1. The Morgan fingerprint density at radius 1 is 1.47 bits per heavy atom. The summed E-state index contributed by atoms with van der Waals surface area (Å²) in [7, 11) is 1.56. The second kappa shape index (κ2) is 7.16. The molecule has 0 aliphatic rings. The van der Waals surface area contributed by atoms with Crippen LogP contribution in [0.3, 0.4) is 0 Å². The summed E-state index contributed by atoms with van der Waals surface area (Å²) in [5.41, 5.74) is 0.683. The van der Waals surface area contributed by atoms with Gasteiger partial charge in [-0.15, -0.1) is 23.1 Å². The average molecular weight is 294 g/mol. The zero-order valence-corrected chi connectivity index (χ0v) is 12.1. The molecule has 0 saturated heterocycles. The number of aromatic nitrogens is 1. The van der Waals surface area contributed by atoms with Gasteiger partial charge < -0.3 is 10.1 Å². The molecule has 0 atom stereocenters. The highest BCUT2D eigenvalue weighted by atomic mass is 32.2. The van der Waals surface area contributed by atoms with Crippen molar-refractivity contribution in [2.45, 2.75) is 5.75 Å². The molecule has 100 valence electrons. The van der Waals surface area contributed by atoms with Gasteiger partial charge >= 0.3 is 0 Å². The molecule has 6 heteroatoms. The number of hydrogen-bond donors (Lipinski definition) is 1. The summed E-state index contributed by atoms with van der Waals surface area (Å²) in [5.74, 6) is 1.81.